The maximum absolute atomic E-state index is 12.1. The van der Waals surface area contributed by atoms with Crippen LogP contribution in [0.3, 0.4) is 0 Å². The van der Waals surface area contributed by atoms with Gasteiger partial charge in [-0.15, -0.1) is 0 Å². The van der Waals surface area contributed by atoms with Gasteiger partial charge in [-0.25, -0.2) is 9.36 Å². The van der Waals surface area contributed by atoms with Crippen LogP contribution in [-0.4, -0.2) is 19.3 Å². The molecule has 0 N–H and O–H groups in total. The third-order valence-corrected chi connectivity index (χ3v) is 4.44. The topological polar surface area (TPSA) is 82.9 Å². The van der Waals surface area contributed by atoms with E-state index >= 15 is 0 Å². The van der Waals surface area contributed by atoms with E-state index < -0.39 is 11.2 Å². The van der Waals surface area contributed by atoms with Crippen molar-refractivity contribution >= 4 is 27.5 Å². The van der Waals surface area contributed by atoms with Gasteiger partial charge < -0.3 is 9.09 Å². The highest BCUT2D eigenvalue weighted by molar-refractivity contribution is 9.10. The van der Waals surface area contributed by atoms with E-state index in [0.717, 1.165) is 16.6 Å². The highest BCUT2D eigenvalue weighted by atomic mass is 79.9. The minimum absolute atomic E-state index is 0.0705. The summed E-state index contributed by atoms with van der Waals surface area (Å²) in [6.07, 6.45) is 2.73. The minimum Gasteiger partial charge on any atom is -0.337 e. The molecule has 7 nitrogen and oxygen atoms in total. The highest BCUT2D eigenvalue weighted by Crippen LogP contribution is 2.11. The van der Waals surface area contributed by atoms with Crippen LogP contribution in [0.4, 0.5) is 0 Å². The molecule has 0 aliphatic carbocycles. The van der Waals surface area contributed by atoms with Gasteiger partial charge in [0, 0.05) is 24.7 Å². The molecular weight excluding hydrogens is 412 g/mol. The molecule has 0 aliphatic heterocycles. The SMILES string of the molecule is Cn1cc(Br)c(=O)n(Cc2nc(CCc3ccc(Cl)cc3)no2)c1=O. The molecular formula is C16H14BrClN4O3. The molecule has 0 bridgehead atoms. The maximum Gasteiger partial charge on any atom is 0.331 e. The molecule has 3 rings (SSSR count). The Balaban J connectivity index is 1.73. The third kappa shape index (κ3) is 4.08. The van der Waals surface area contributed by atoms with Gasteiger partial charge in [-0.05, 0) is 40.0 Å². The molecule has 0 saturated heterocycles. The van der Waals surface area contributed by atoms with E-state index in [1.807, 2.05) is 24.3 Å². The van der Waals surface area contributed by atoms with Gasteiger partial charge >= 0.3 is 5.69 Å². The van der Waals surface area contributed by atoms with Crippen LogP contribution in [0.1, 0.15) is 17.3 Å². The van der Waals surface area contributed by atoms with Crippen LogP contribution in [0.25, 0.3) is 0 Å². The summed E-state index contributed by atoms with van der Waals surface area (Å²) in [5.74, 6) is 0.730. The van der Waals surface area contributed by atoms with Crippen molar-refractivity contribution in [3.63, 3.8) is 0 Å². The molecule has 0 radical (unpaired) electrons. The van der Waals surface area contributed by atoms with Crippen molar-refractivity contribution in [3.05, 3.63) is 78.1 Å². The molecule has 0 amide bonds. The van der Waals surface area contributed by atoms with Gasteiger partial charge in [0.2, 0.25) is 5.89 Å². The lowest BCUT2D eigenvalue weighted by Crippen LogP contribution is -2.39. The van der Waals surface area contributed by atoms with Crippen LogP contribution >= 0.6 is 27.5 Å². The van der Waals surface area contributed by atoms with Crippen molar-refractivity contribution in [1.82, 2.24) is 19.3 Å². The molecule has 2 heterocycles. The number of benzene rings is 1. The van der Waals surface area contributed by atoms with Crippen LogP contribution in [0.15, 0.2) is 49.0 Å². The lowest BCUT2D eigenvalue weighted by Gasteiger charge is -2.04. The fourth-order valence-corrected chi connectivity index (χ4v) is 2.97. The van der Waals surface area contributed by atoms with Gasteiger partial charge in [0.05, 0.1) is 4.47 Å². The second-order valence-electron chi connectivity index (χ2n) is 5.49. The van der Waals surface area contributed by atoms with E-state index in [-0.39, 0.29) is 16.9 Å². The zero-order chi connectivity index (χ0) is 18.0. The predicted molar refractivity (Wildman–Crippen MR) is 95.9 cm³/mol. The summed E-state index contributed by atoms with van der Waals surface area (Å²) < 4.78 is 7.80. The smallest absolute Gasteiger partial charge is 0.331 e. The van der Waals surface area contributed by atoms with Crippen molar-refractivity contribution in [2.45, 2.75) is 19.4 Å². The number of hydrogen-bond acceptors (Lipinski definition) is 5. The lowest BCUT2D eigenvalue weighted by atomic mass is 10.1. The molecule has 130 valence electrons. The summed E-state index contributed by atoms with van der Waals surface area (Å²) >= 11 is 9.00. The van der Waals surface area contributed by atoms with Crippen molar-refractivity contribution < 1.29 is 4.52 Å². The fourth-order valence-electron chi connectivity index (χ4n) is 2.32. The van der Waals surface area contributed by atoms with Crippen LogP contribution in [0.5, 0.6) is 0 Å². The van der Waals surface area contributed by atoms with Crippen molar-refractivity contribution in [2.75, 3.05) is 0 Å². The van der Waals surface area contributed by atoms with E-state index in [0.29, 0.717) is 17.3 Å². The Hall–Kier alpha value is -2.19. The molecule has 1 aromatic carbocycles. The standard InChI is InChI=1S/C16H14BrClN4O3/c1-21-8-12(17)15(23)22(16(21)24)9-14-19-13(20-25-14)7-4-10-2-5-11(18)6-3-10/h2-3,5-6,8H,4,7,9H2,1H3. The second kappa shape index (κ2) is 7.37. The summed E-state index contributed by atoms with van der Waals surface area (Å²) in [6, 6.07) is 7.53. The quantitative estimate of drug-likeness (QED) is 0.626. The van der Waals surface area contributed by atoms with Gasteiger partial charge in [-0.1, -0.05) is 28.9 Å². The Kier molecular flexibility index (Phi) is 5.19. The summed E-state index contributed by atoms with van der Waals surface area (Å²) in [6.45, 7) is -0.0705. The fraction of sp³-hybridized carbons (Fsp3) is 0.250. The number of aromatic nitrogens is 4. The molecule has 0 unspecified atom stereocenters. The van der Waals surface area contributed by atoms with Crippen molar-refractivity contribution in [3.8, 4) is 0 Å². The molecule has 0 fully saturated rings. The average Bonchev–Trinajstić information content (AvgIpc) is 3.04. The number of hydrogen-bond donors (Lipinski definition) is 0. The normalized spacial score (nSPS) is 11.0. The average molecular weight is 426 g/mol. The molecule has 0 atom stereocenters. The van der Waals surface area contributed by atoms with Crippen molar-refractivity contribution in [2.24, 2.45) is 7.05 Å². The Labute approximate surface area is 156 Å². The van der Waals surface area contributed by atoms with Crippen molar-refractivity contribution in [1.29, 1.82) is 0 Å². The van der Waals surface area contributed by atoms with Crippen LogP contribution in [0, 0.1) is 0 Å². The number of halogens is 2. The van der Waals surface area contributed by atoms with E-state index in [2.05, 4.69) is 26.1 Å². The third-order valence-electron chi connectivity index (χ3n) is 3.64. The second-order valence-corrected chi connectivity index (χ2v) is 6.78. The molecule has 3 aromatic rings. The zero-order valence-electron chi connectivity index (χ0n) is 13.3. The van der Waals surface area contributed by atoms with Crippen LogP contribution < -0.4 is 11.2 Å². The van der Waals surface area contributed by atoms with E-state index in [1.54, 1.807) is 7.05 Å². The van der Waals surface area contributed by atoms with Crippen LogP contribution in [-0.2, 0) is 26.4 Å². The first-order chi connectivity index (χ1) is 11.9. The number of aryl methyl sites for hydroxylation is 3. The largest absolute Gasteiger partial charge is 0.337 e. The van der Waals surface area contributed by atoms with Gasteiger partial charge in [-0.2, -0.15) is 4.98 Å². The molecule has 25 heavy (non-hydrogen) atoms. The Morgan fingerprint density at radius 1 is 1.20 bits per heavy atom. The highest BCUT2D eigenvalue weighted by Gasteiger charge is 2.13. The van der Waals surface area contributed by atoms with E-state index in [4.69, 9.17) is 16.1 Å². The Bertz CT molecular complexity index is 973. The lowest BCUT2D eigenvalue weighted by molar-refractivity contribution is 0.361. The molecule has 2 aromatic heterocycles. The molecule has 0 aliphatic rings. The van der Waals surface area contributed by atoms with Gasteiger partial charge in [0.25, 0.3) is 5.56 Å². The molecule has 9 heteroatoms. The summed E-state index contributed by atoms with van der Waals surface area (Å²) in [5.41, 5.74) is 0.214. The minimum atomic E-state index is -0.450. The van der Waals surface area contributed by atoms with Gasteiger partial charge in [0.1, 0.15) is 6.54 Å². The summed E-state index contributed by atoms with van der Waals surface area (Å²) in [4.78, 5) is 28.4. The monoisotopic (exact) mass is 424 g/mol. The van der Waals surface area contributed by atoms with E-state index in [1.165, 1.54) is 10.8 Å². The molecule has 0 saturated carbocycles. The summed E-state index contributed by atoms with van der Waals surface area (Å²) in [5, 5.41) is 4.59. The summed E-state index contributed by atoms with van der Waals surface area (Å²) in [7, 11) is 1.56. The molecule has 0 spiro atoms. The number of nitrogens with zero attached hydrogens (tertiary/aromatic N) is 4. The van der Waals surface area contributed by atoms with Gasteiger partial charge in [0.15, 0.2) is 5.82 Å². The van der Waals surface area contributed by atoms with Crippen LogP contribution in [0.2, 0.25) is 5.02 Å². The number of rotatable bonds is 5. The van der Waals surface area contributed by atoms with E-state index in [9.17, 15) is 9.59 Å². The Morgan fingerprint density at radius 2 is 1.92 bits per heavy atom. The zero-order valence-corrected chi connectivity index (χ0v) is 15.6. The Morgan fingerprint density at radius 3 is 2.64 bits per heavy atom. The maximum atomic E-state index is 12.1. The first-order valence-electron chi connectivity index (χ1n) is 7.46. The first-order valence-corrected chi connectivity index (χ1v) is 8.63. The van der Waals surface area contributed by atoms with Gasteiger partial charge in [-0.3, -0.25) is 4.79 Å². The first kappa shape index (κ1) is 17.6. The predicted octanol–water partition coefficient (Wildman–Crippen LogP) is 2.18.